The Balaban J connectivity index is 1.94. The van der Waals surface area contributed by atoms with E-state index in [-0.39, 0.29) is 5.41 Å². The van der Waals surface area contributed by atoms with Crippen molar-refractivity contribution in [1.29, 1.82) is 0 Å². The summed E-state index contributed by atoms with van der Waals surface area (Å²) in [5.41, 5.74) is 1.64. The summed E-state index contributed by atoms with van der Waals surface area (Å²) in [6, 6.07) is 0. The second-order valence-corrected chi connectivity index (χ2v) is 5.58. The van der Waals surface area contributed by atoms with Gasteiger partial charge in [0, 0.05) is 13.5 Å². The van der Waals surface area contributed by atoms with E-state index in [1.807, 2.05) is 6.08 Å². The lowest BCUT2D eigenvalue weighted by molar-refractivity contribution is -0.116. The summed E-state index contributed by atoms with van der Waals surface area (Å²) < 4.78 is 10.3. The number of rotatable bonds is 4. The maximum absolute atomic E-state index is 11.5. The van der Waals surface area contributed by atoms with E-state index in [0.29, 0.717) is 18.5 Å². The Bertz CT molecular complexity index is 321. The Morgan fingerprint density at radius 1 is 1.47 bits per heavy atom. The molecular formula is C14H22O3. The fraction of sp³-hybridized carbons (Fsp3) is 0.786. The van der Waals surface area contributed by atoms with Crippen molar-refractivity contribution in [2.24, 2.45) is 11.3 Å². The summed E-state index contributed by atoms with van der Waals surface area (Å²) in [6.07, 6.45) is 7.06. The minimum absolute atomic E-state index is 0.283. The number of methoxy groups -OCH3 is 1. The topological polar surface area (TPSA) is 35.5 Å². The van der Waals surface area contributed by atoms with Crippen LogP contribution in [0.2, 0.25) is 0 Å². The van der Waals surface area contributed by atoms with Gasteiger partial charge in [0.25, 0.3) is 0 Å². The molecule has 0 aromatic heterocycles. The summed E-state index contributed by atoms with van der Waals surface area (Å²) in [5.74, 6) is 0.853. The van der Waals surface area contributed by atoms with Gasteiger partial charge in [0.15, 0.2) is 5.78 Å². The van der Waals surface area contributed by atoms with Crippen LogP contribution in [-0.4, -0.2) is 26.3 Å². The third-order valence-corrected chi connectivity index (χ3v) is 4.20. The van der Waals surface area contributed by atoms with Crippen LogP contribution in [0, 0.1) is 11.3 Å². The van der Waals surface area contributed by atoms with Crippen molar-refractivity contribution in [3.63, 3.8) is 0 Å². The van der Waals surface area contributed by atoms with Gasteiger partial charge in [0.1, 0.15) is 6.79 Å². The third-order valence-electron chi connectivity index (χ3n) is 4.20. The minimum Gasteiger partial charge on any atom is -0.359 e. The molecule has 2 aliphatic rings. The van der Waals surface area contributed by atoms with Crippen LogP contribution in [0.15, 0.2) is 11.6 Å². The summed E-state index contributed by atoms with van der Waals surface area (Å²) in [6.45, 7) is 3.42. The highest BCUT2D eigenvalue weighted by atomic mass is 16.7. The van der Waals surface area contributed by atoms with Crippen LogP contribution in [0.4, 0.5) is 0 Å². The molecule has 0 aromatic carbocycles. The van der Waals surface area contributed by atoms with Gasteiger partial charge in [-0.05, 0) is 43.1 Å². The average Bonchev–Trinajstić information content (AvgIpc) is 2.31. The zero-order valence-electron chi connectivity index (χ0n) is 10.8. The van der Waals surface area contributed by atoms with Crippen molar-refractivity contribution in [2.45, 2.75) is 39.0 Å². The standard InChI is InChI=1S/C14H22O3/c1-14-5-3-11(9-17-10-16-2)7-12(14)8-13(15)4-6-14/h8,11H,3-7,9-10H2,1-2H3/t11-,14-/m0/s1. The molecule has 96 valence electrons. The Morgan fingerprint density at radius 2 is 2.29 bits per heavy atom. The monoisotopic (exact) mass is 238 g/mol. The molecule has 2 atom stereocenters. The van der Waals surface area contributed by atoms with Gasteiger partial charge < -0.3 is 9.47 Å². The van der Waals surface area contributed by atoms with Crippen molar-refractivity contribution >= 4 is 5.78 Å². The van der Waals surface area contributed by atoms with Gasteiger partial charge in [-0.3, -0.25) is 4.79 Å². The average molecular weight is 238 g/mol. The summed E-state index contributed by atoms with van der Waals surface area (Å²) in [5, 5.41) is 0. The highest BCUT2D eigenvalue weighted by Gasteiger charge is 2.37. The van der Waals surface area contributed by atoms with Gasteiger partial charge >= 0.3 is 0 Å². The van der Waals surface area contributed by atoms with E-state index in [9.17, 15) is 4.79 Å². The van der Waals surface area contributed by atoms with Crippen LogP contribution in [0.3, 0.4) is 0 Å². The Kier molecular flexibility index (Phi) is 4.00. The first-order valence-electron chi connectivity index (χ1n) is 6.44. The molecule has 0 bridgehead atoms. The summed E-state index contributed by atoms with van der Waals surface area (Å²) in [7, 11) is 1.64. The number of allylic oxidation sites excluding steroid dienone is 2. The molecule has 3 nitrogen and oxygen atoms in total. The molecule has 3 heteroatoms. The molecule has 1 saturated carbocycles. The fourth-order valence-electron chi connectivity index (χ4n) is 2.97. The molecule has 0 aromatic rings. The number of ether oxygens (including phenoxy) is 2. The zero-order valence-corrected chi connectivity index (χ0v) is 10.8. The lowest BCUT2D eigenvalue weighted by atomic mass is 9.63. The van der Waals surface area contributed by atoms with Crippen molar-refractivity contribution in [3.8, 4) is 0 Å². The van der Waals surface area contributed by atoms with Gasteiger partial charge in [-0.15, -0.1) is 0 Å². The highest BCUT2D eigenvalue weighted by Crippen LogP contribution is 2.48. The van der Waals surface area contributed by atoms with Gasteiger partial charge in [0.05, 0.1) is 6.61 Å². The maximum atomic E-state index is 11.5. The van der Waals surface area contributed by atoms with Gasteiger partial charge in [-0.1, -0.05) is 12.5 Å². The molecule has 0 radical (unpaired) electrons. The zero-order chi connectivity index (χ0) is 12.3. The second kappa shape index (κ2) is 5.32. The highest BCUT2D eigenvalue weighted by molar-refractivity contribution is 5.91. The first-order chi connectivity index (χ1) is 8.14. The SMILES string of the molecule is COCOC[C@H]1CC[C@@]2(C)CCC(=O)C=C2C1. The maximum Gasteiger partial charge on any atom is 0.155 e. The third kappa shape index (κ3) is 2.96. The quantitative estimate of drug-likeness (QED) is 0.558. The first kappa shape index (κ1) is 12.8. The Morgan fingerprint density at radius 3 is 3.06 bits per heavy atom. The molecular weight excluding hydrogens is 216 g/mol. The van der Waals surface area contributed by atoms with Crippen LogP contribution >= 0.6 is 0 Å². The number of fused-ring (bicyclic) bond motifs is 1. The van der Waals surface area contributed by atoms with E-state index >= 15 is 0 Å². The number of carbonyl (C=O) groups excluding carboxylic acids is 1. The largest absolute Gasteiger partial charge is 0.359 e. The normalized spacial score (nSPS) is 33.2. The van der Waals surface area contributed by atoms with Gasteiger partial charge in [0.2, 0.25) is 0 Å². The van der Waals surface area contributed by atoms with E-state index < -0.39 is 0 Å². The molecule has 2 rings (SSSR count). The fourth-order valence-corrected chi connectivity index (χ4v) is 2.97. The second-order valence-electron chi connectivity index (χ2n) is 5.58. The molecule has 17 heavy (non-hydrogen) atoms. The van der Waals surface area contributed by atoms with Crippen LogP contribution in [0.1, 0.15) is 39.0 Å². The first-order valence-corrected chi connectivity index (χ1v) is 6.44. The lowest BCUT2D eigenvalue weighted by Gasteiger charge is -2.42. The molecule has 0 N–H and O–H groups in total. The van der Waals surface area contributed by atoms with Crippen molar-refractivity contribution in [2.75, 3.05) is 20.5 Å². The van der Waals surface area contributed by atoms with Crippen molar-refractivity contribution < 1.29 is 14.3 Å². The number of carbonyl (C=O) groups is 1. The van der Waals surface area contributed by atoms with Gasteiger partial charge in [-0.2, -0.15) is 0 Å². The molecule has 0 unspecified atom stereocenters. The predicted molar refractivity (Wildman–Crippen MR) is 65.6 cm³/mol. The molecule has 0 heterocycles. The van der Waals surface area contributed by atoms with E-state index in [1.165, 1.54) is 18.4 Å². The smallest absolute Gasteiger partial charge is 0.155 e. The van der Waals surface area contributed by atoms with Crippen LogP contribution < -0.4 is 0 Å². The Hall–Kier alpha value is -0.670. The van der Waals surface area contributed by atoms with Crippen LogP contribution in [-0.2, 0) is 14.3 Å². The molecule has 0 spiro atoms. The van der Waals surface area contributed by atoms with E-state index in [1.54, 1.807) is 7.11 Å². The van der Waals surface area contributed by atoms with Crippen LogP contribution in [0.25, 0.3) is 0 Å². The molecule has 1 fully saturated rings. The molecule has 0 amide bonds. The molecule has 0 saturated heterocycles. The van der Waals surface area contributed by atoms with Crippen LogP contribution in [0.5, 0.6) is 0 Å². The lowest BCUT2D eigenvalue weighted by Crippen LogP contribution is -2.32. The number of ketones is 1. The summed E-state index contributed by atoms with van der Waals surface area (Å²) >= 11 is 0. The van der Waals surface area contributed by atoms with E-state index in [4.69, 9.17) is 9.47 Å². The molecule has 2 aliphatic carbocycles. The van der Waals surface area contributed by atoms with Crippen molar-refractivity contribution in [1.82, 2.24) is 0 Å². The minimum atomic E-state index is 0.283. The Labute approximate surface area is 103 Å². The predicted octanol–water partition coefficient (Wildman–Crippen LogP) is 2.70. The van der Waals surface area contributed by atoms with E-state index in [2.05, 4.69) is 6.92 Å². The van der Waals surface area contributed by atoms with Crippen molar-refractivity contribution in [3.05, 3.63) is 11.6 Å². The van der Waals surface area contributed by atoms with Gasteiger partial charge in [-0.25, -0.2) is 0 Å². The summed E-state index contributed by atoms with van der Waals surface area (Å²) in [4.78, 5) is 11.5. The number of hydrogen-bond acceptors (Lipinski definition) is 3. The molecule has 0 aliphatic heterocycles. The van der Waals surface area contributed by atoms with E-state index in [0.717, 1.165) is 25.9 Å². The number of hydrogen-bond donors (Lipinski definition) is 0.